The van der Waals surface area contributed by atoms with Crippen molar-refractivity contribution in [2.45, 2.75) is 20.4 Å². The van der Waals surface area contributed by atoms with Gasteiger partial charge < -0.3 is 14.8 Å². The van der Waals surface area contributed by atoms with Gasteiger partial charge in [-0.2, -0.15) is 5.11 Å². The fourth-order valence-electron chi connectivity index (χ4n) is 2.70. The van der Waals surface area contributed by atoms with Crippen LogP contribution >= 0.6 is 0 Å². The lowest BCUT2D eigenvalue weighted by molar-refractivity contribution is 0.0697. The Labute approximate surface area is 145 Å². The third-order valence-electron chi connectivity index (χ3n) is 3.84. The summed E-state index contributed by atoms with van der Waals surface area (Å²) in [4.78, 5) is 10.9. The first-order valence-electron chi connectivity index (χ1n) is 8.02. The van der Waals surface area contributed by atoms with Gasteiger partial charge in [-0.25, -0.2) is 4.79 Å². The van der Waals surface area contributed by atoms with Crippen molar-refractivity contribution in [3.63, 3.8) is 0 Å². The van der Waals surface area contributed by atoms with Crippen molar-refractivity contribution in [3.05, 3.63) is 54.1 Å². The van der Waals surface area contributed by atoms with E-state index in [4.69, 9.17) is 5.11 Å². The number of hydrogen-bond donors (Lipinski definition) is 2. The Kier molecular flexibility index (Phi) is 4.52. The van der Waals surface area contributed by atoms with E-state index in [1.54, 1.807) is 12.1 Å². The van der Waals surface area contributed by atoms with Gasteiger partial charge in [-0.3, -0.25) is 0 Å². The molecule has 128 valence electrons. The first-order chi connectivity index (χ1) is 12.0. The molecule has 0 radical (unpaired) electrons. The number of rotatable bonds is 5. The van der Waals surface area contributed by atoms with Crippen LogP contribution in [0.3, 0.4) is 0 Å². The van der Waals surface area contributed by atoms with Crippen LogP contribution < -0.4 is 0 Å². The number of aromatic carboxylic acids is 1. The first-order valence-corrected chi connectivity index (χ1v) is 8.02. The van der Waals surface area contributed by atoms with E-state index in [1.807, 2.05) is 28.8 Å². The Morgan fingerprint density at radius 1 is 1.08 bits per heavy atom. The second-order valence-electron chi connectivity index (χ2n) is 6.25. The molecule has 0 saturated carbocycles. The van der Waals surface area contributed by atoms with E-state index >= 15 is 0 Å². The first kappa shape index (κ1) is 16.7. The molecule has 2 N–H and O–H groups in total. The SMILES string of the molecule is CC(C)Cn1c(O)c(N=Nc2ccc(C(=O)O)cc2)c2ccccc21. The second kappa shape index (κ2) is 6.76. The third-order valence-corrected chi connectivity index (χ3v) is 3.84. The largest absolute Gasteiger partial charge is 0.493 e. The number of carbonyl (C=O) groups is 1. The standard InChI is InChI=1S/C19H19N3O3/c1-12(2)11-22-16-6-4-3-5-15(16)17(18(22)23)21-20-14-9-7-13(8-10-14)19(24)25/h3-10,12,23H,11H2,1-2H3,(H,24,25). The molecular formula is C19H19N3O3. The van der Waals surface area contributed by atoms with Gasteiger partial charge in [-0.05, 0) is 36.2 Å². The van der Waals surface area contributed by atoms with Gasteiger partial charge in [-0.1, -0.05) is 32.0 Å². The molecule has 0 aliphatic carbocycles. The maximum absolute atomic E-state index is 10.9. The van der Waals surface area contributed by atoms with Crippen LogP contribution in [0.15, 0.2) is 58.8 Å². The van der Waals surface area contributed by atoms with Crippen molar-refractivity contribution in [1.82, 2.24) is 4.57 Å². The summed E-state index contributed by atoms with van der Waals surface area (Å²) < 4.78 is 1.84. The normalized spacial score (nSPS) is 11.6. The maximum Gasteiger partial charge on any atom is 0.335 e. The van der Waals surface area contributed by atoms with Crippen molar-refractivity contribution >= 4 is 28.2 Å². The summed E-state index contributed by atoms with van der Waals surface area (Å²) in [5, 5.41) is 28.7. The topological polar surface area (TPSA) is 87.2 Å². The molecule has 0 bridgehead atoms. The summed E-state index contributed by atoms with van der Waals surface area (Å²) in [5.74, 6) is -0.534. The van der Waals surface area contributed by atoms with Crippen LogP contribution in [-0.4, -0.2) is 20.7 Å². The average Bonchev–Trinajstić information content (AvgIpc) is 2.85. The molecule has 25 heavy (non-hydrogen) atoms. The number of hydrogen-bond acceptors (Lipinski definition) is 4. The zero-order valence-electron chi connectivity index (χ0n) is 14.0. The summed E-state index contributed by atoms with van der Waals surface area (Å²) in [6.45, 7) is 4.84. The Bertz CT molecular complexity index is 940. The molecule has 0 spiro atoms. The average molecular weight is 337 g/mol. The number of nitrogens with zero attached hydrogens (tertiary/aromatic N) is 3. The van der Waals surface area contributed by atoms with Gasteiger partial charge in [0.1, 0.15) is 0 Å². The van der Waals surface area contributed by atoms with Crippen LogP contribution in [0.25, 0.3) is 10.9 Å². The van der Waals surface area contributed by atoms with Crippen molar-refractivity contribution in [3.8, 4) is 5.88 Å². The quantitative estimate of drug-likeness (QED) is 0.634. The number of carboxylic acid groups (broad SMARTS) is 1. The molecule has 2 aromatic carbocycles. The van der Waals surface area contributed by atoms with E-state index in [2.05, 4.69) is 24.1 Å². The number of aromatic nitrogens is 1. The molecule has 3 aromatic rings. The summed E-state index contributed by atoms with van der Waals surface area (Å²) >= 11 is 0. The highest BCUT2D eigenvalue weighted by Crippen LogP contribution is 2.39. The molecule has 6 heteroatoms. The smallest absolute Gasteiger partial charge is 0.335 e. The van der Waals surface area contributed by atoms with E-state index in [0.717, 1.165) is 10.9 Å². The van der Waals surface area contributed by atoms with Crippen molar-refractivity contribution in [2.75, 3.05) is 0 Å². The Hall–Kier alpha value is -3.15. The summed E-state index contributed by atoms with van der Waals surface area (Å²) in [6.07, 6.45) is 0. The predicted molar refractivity (Wildman–Crippen MR) is 96.0 cm³/mol. The van der Waals surface area contributed by atoms with Gasteiger partial charge in [0, 0.05) is 11.9 Å². The number of benzene rings is 2. The van der Waals surface area contributed by atoms with Crippen molar-refractivity contribution in [1.29, 1.82) is 0 Å². The molecule has 0 unspecified atom stereocenters. The number of para-hydroxylation sites is 1. The van der Waals surface area contributed by atoms with Gasteiger partial charge in [0.2, 0.25) is 5.88 Å². The molecule has 0 aliphatic rings. The van der Waals surface area contributed by atoms with E-state index in [9.17, 15) is 9.90 Å². The lowest BCUT2D eigenvalue weighted by atomic mass is 10.2. The minimum atomic E-state index is -0.988. The molecule has 0 fully saturated rings. The lowest BCUT2D eigenvalue weighted by Crippen LogP contribution is -2.03. The minimum Gasteiger partial charge on any atom is -0.493 e. The van der Waals surface area contributed by atoms with E-state index in [0.29, 0.717) is 23.8 Å². The van der Waals surface area contributed by atoms with Gasteiger partial charge in [0.25, 0.3) is 0 Å². The van der Waals surface area contributed by atoms with Crippen LogP contribution in [-0.2, 0) is 6.54 Å². The molecule has 0 atom stereocenters. The highest BCUT2D eigenvalue weighted by atomic mass is 16.4. The molecular weight excluding hydrogens is 318 g/mol. The Morgan fingerprint density at radius 3 is 2.40 bits per heavy atom. The van der Waals surface area contributed by atoms with Crippen molar-refractivity contribution in [2.24, 2.45) is 16.1 Å². The van der Waals surface area contributed by atoms with Crippen LogP contribution in [0, 0.1) is 5.92 Å². The molecule has 3 rings (SSSR count). The number of fused-ring (bicyclic) bond motifs is 1. The molecule has 0 saturated heterocycles. The molecule has 0 amide bonds. The van der Waals surface area contributed by atoms with Gasteiger partial charge >= 0.3 is 5.97 Å². The molecule has 6 nitrogen and oxygen atoms in total. The number of aromatic hydroxyl groups is 1. The van der Waals surface area contributed by atoms with E-state index in [1.165, 1.54) is 12.1 Å². The number of azo groups is 1. The third kappa shape index (κ3) is 3.38. The maximum atomic E-state index is 10.9. The lowest BCUT2D eigenvalue weighted by Gasteiger charge is -2.09. The fraction of sp³-hybridized carbons (Fsp3) is 0.211. The molecule has 1 heterocycles. The Morgan fingerprint density at radius 2 is 1.76 bits per heavy atom. The Balaban J connectivity index is 2.00. The molecule has 0 aliphatic heterocycles. The van der Waals surface area contributed by atoms with Crippen LogP contribution in [0.4, 0.5) is 11.4 Å². The van der Waals surface area contributed by atoms with Crippen LogP contribution in [0.2, 0.25) is 0 Å². The van der Waals surface area contributed by atoms with E-state index in [-0.39, 0.29) is 11.4 Å². The fourth-order valence-corrected chi connectivity index (χ4v) is 2.70. The zero-order valence-corrected chi connectivity index (χ0v) is 14.0. The van der Waals surface area contributed by atoms with Crippen LogP contribution in [0.1, 0.15) is 24.2 Å². The van der Waals surface area contributed by atoms with Crippen molar-refractivity contribution < 1.29 is 15.0 Å². The minimum absolute atomic E-state index is 0.0841. The van der Waals surface area contributed by atoms with Crippen LogP contribution in [0.5, 0.6) is 5.88 Å². The summed E-state index contributed by atoms with van der Waals surface area (Å²) in [6, 6.07) is 13.8. The monoisotopic (exact) mass is 337 g/mol. The van der Waals surface area contributed by atoms with Gasteiger partial charge in [-0.15, -0.1) is 5.11 Å². The van der Waals surface area contributed by atoms with Gasteiger partial charge in [0.05, 0.1) is 16.8 Å². The van der Waals surface area contributed by atoms with E-state index < -0.39 is 5.97 Å². The summed E-state index contributed by atoms with van der Waals surface area (Å²) in [5.41, 5.74) is 2.03. The highest BCUT2D eigenvalue weighted by molar-refractivity contribution is 5.95. The summed E-state index contributed by atoms with van der Waals surface area (Å²) in [7, 11) is 0. The highest BCUT2D eigenvalue weighted by Gasteiger charge is 2.16. The zero-order chi connectivity index (χ0) is 18.0. The molecule has 1 aromatic heterocycles. The van der Waals surface area contributed by atoms with Gasteiger partial charge in [0.15, 0.2) is 5.69 Å². The predicted octanol–water partition coefficient (Wildman–Crippen LogP) is 5.12. The second-order valence-corrected chi connectivity index (χ2v) is 6.25. The number of carboxylic acids is 1.